The van der Waals surface area contributed by atoms with E-state index in [1.165, 1.54) is 32.1 Å². The molecule has 0 nitrogen and oxygen atoms in total. The number of hydrogen-bond acceptors (Lipinski definition) is 0. The van der Waals surface area contributed by atoms with E-state index < -0.39 is 0 Å². The van der Waals surface area contributed by atoms with Crippen molar-refractivity contribution in [3.63, 3.8) is 0 Å². The van der Waals surface area contributed by atoms with Gasteiger partial charge in [0.15, 0.2) is 0 Å². The predicted octanol–water partition coefficient (Wildman–Crippen LogP) is 5.20. The highest BCUT2D eigenvalue weighted by Gasteiger charge is 2.53. The van der Waals surface area contributed by atoms with Crippen LogP contribution in [0.25, 0.3) is 0 Å². The third-order valence-electron chi connectivity index (χ3n) is 4.06. The molecule has 0 aromatic heterocycles. The molecule has 0 N–H and O–H groups in total. The van der Waals surface area contributed by atoms with Crippen LogP contribution in [0, 0.1) is 16.7 Å². The molecule has 0 aromatic carbocycles. The van der Waals surface area contributed by atoms with Gasteiger partial charge in [-0.2, -0.15) is 0 Å². The Labute approximate surface area is 96.2 Å². The molecule has 0 amide bonds. The van der Waals surface area contributed by atoms with E-state index in [9.17, 15) is 0 Å². The van der Waals surface area contributed by atoms with E-state index in [2.05, 4.69) is 46.8 Å². The van der Waals surface area contributed by atoms with Crippen LogP contribution in [0.4, 0.5) is 0 Å². The molecular formula is C15H28. The minimum absolute atomic E-state index is 0.536. The highest BCUT2D eigenvalue weighted by atomic mass is 14.6. The first-order valence-electron chi connectivity index (χ1n) is 6.63. The number of hydrogen-bond donors (Lipinski definition) is 0. The molecule has 2 atom stereocenters. The average Bonchev–Trinajstić information content (AvgIpc) is 2.11. The molecule has 1 aliphatic carbocycles. The molecular weight excluding hydrogens is 180 g/mol. The Hall–Kier alpha value is -0.260. The minimum atomic E-state index is 0.536. The van der Waals surface area contributed by atoms with Crippen LogP contribution >= 0.6 is 0 Å². The fourth-order valence-corrected chi connectivity index (χ4v) is 3.78. The predicted molar refractivity (Wildman–Crippen MR) is 69.0 cm³/mol. The molecule has 1 aliphatic rings. The Balaban J connectivity index is 2.63. The summed E-state index contributed by atoms with van der Waals surface area (Å²) in [7, 11) is 0. The van der Waals surface area contributed by atoms with Crippen LogP contribution in [0.3, 0.4) is 0 Å². The molecule has 0 bridgehead atoms. The van der Waals surface area contributed by atoms with Gasteiger partial charge in [0.25, 0.3) is 0 Å². The minimum Gasteiger partial charge on any atom is -0.0882 e. The molecule has 15 heavy (non-hydrogen) atoms. The van der Waals surface area contributed by atoms with Crippen LogP contribution in [0.2, 0.25) is 0 Å². The summed E-state index contributed by atoms with van der Waals surface area (Å²) in [6.45, 7) is 11.9. The van der Waals surface area contributed by atoms with Crippen molar-refractivity contribution in [2.45, 2.75) is 66.7 Å². The third-order valence-corrected chi connectivity index (χ3v) is 4.06. The lowest BCUT2D eigenvalue weighted by Gasteiger charge is -2.59. The molecule has 0 heterocycles. The van der Waals surface area contributed by atoms with Crippen LogP contribution in [0.15, 0.2) is 12.2 Å². The van der Waals surface area contributed by atoms with Crippen molar-refractivity contribution in [1.29, 1.82) is 0 Å². The van der Waals surface area contributed by atoms with Gasteiger partial charge in [-0.3, -0.25) is 0 Å². The van der Waals surface area contributed by atoms with Gasteiger partial charge in [0.05, 0.1) is 0 Å². The molecule has 88 valence electrons. The van der Waals surface area contributed by atoms with Gasteiger partial charge in [0.1, 0.15) is 0 Å². The van der Waals surface area contributed by atoms with Crippen molar-refractivity contribution >= 4 is 0 Å². The second-order valence-corrected chi connectivity index (χ2v) is 6.26. The lowest BCUT2D eigenvalue weighted by Crippen LogP contribution is -2.50. The fraction of sp³-hybridized carbons (Fsp3) is 0.867. The monoisotopic (exact) mass is 208 g/mol. The van der Waals surface area contributed by atoms with Gasteiger partial charge < -0.3 is 0 Å². The quantitative estimate of drug-likeness (QED) is 0.545. The van der Waals surface area contributed by atoms with Crippen molar-refractivity contribution in [3.8, 4) is 0 Å². The maximum absolute atomic E-state index is 2.50. The van der Waals surface area contributed by atoms with E-state index in [-0.39, 0.29) is 0 Å². The second-order valence-electron chi connectivity index (χ2n) is 6.26. The van der Waals surface area contributed by atoms with E-state index in [1.807, 2.05) is 0 Å². The Kier molecular flexibility index (Phi) is 4.03. The second kappa shape index (κ2) is 4.72. The molecule has 1 rings (SSSR count). The average molecular weight is 208 g/mol. The lowest BCUT2D eigenvalue weighted by molar-refractivity contribution is -0.0679. The first-order chi connectivity index (χ1) is 6.96. The van der Waals surface area contributed by atoms with E-state index in [0.29, 0.717) is 10.8 Å². The van der Waals surface area contributed by atoms with E-state index >= 15 is 0 Å². The highest BCUT2D eigenvalue weighted by molar-refractivity contribution is 5.12. The van der Waals surface area contributed by atoms with Crippen LogP contribution in [0.5, 0.6) is 0 Å². The lowest BCUT2D eigenvalue weighted by atomic mass is 9.46. The number of unbranched alkanes of at least 4 members (excludes halogenated alkanes) is 1. The standard InChI is InChI=1S/C15H28/c1-6-8-9-10-13-14(3,4)12-15(13,5)11-7-2/h9-10,13H,6-8,11-12H2,1-5H3. The van der Waals surface area contributed by atoms with Gasteiger partial charge in [-0.1, -0.05) is 59.6 Å². The maximum atomic E-state index is 2.50. The molecule has 0 spiro atoms. The first kappa shape index (κ1) is 12.8. The molecule has 2 unspecified atom stereocenters. The van der Waals surface area contributed by atoms with Crippen LogP contribution in [-0.2, 0) is 0 Å². The van der Waals surface area contributed by atoms with Crippen LogP contribution in [-0.4, -0.2) is 0 Å². The molecule has 0 heteroatoms. The summed E-state index contributed by atoms with van der Waals surface area (Å²) >= 11 is 0. The highest BCUT2D eigenvalue weighted by Crippen LogP contribution is 2.61. The van der Waals surface area contributed by atoms with Crippen molar-refractivity contribution in [3.05, 3.63) is 12.2 Å². The summed E-state index contributed by atoms with van der Waals surface area (Å²) in [5.41, 5.74) is 1.12. The van der Waals surface area contributed by atoms with Crippen molar-refractivity contribution in [2.75, 3.05) is 0 Å². The Morgan fingerprint density at radius 2 is 1.80 bits per heavy atom. The maximum Gasteiger partial charge on any atom is -0.0128 e. The van der Waals surface area contributed by atoms with Gasteiger partial charge in [-0.25, -0.2) is 0 Å². The number of rotatable bonds is 5. The van der Waals surface area contributed by atoms with Gasteiger partial charge >= 0.3 is 0 Å². The molecule has 1 fully saturated rings. The van der Waals surface area contributed by atoms with Gasteiger partial charge in [0, 0.05) is 0 Å². The molecule has 0 radical (unpaired) electrons. The van der Waals surface area contributed by atoms with Gasteiger partial charge in [0.2, 0.25) is 0 Å². The zero-order valence-electron chi connectivity index (χ0n) is 11.3. The topological polar surface area (TPSA) is 0 Å². The Morgan fingerprint density at radius 3 is 2.27 bits per heavy atom. The number of allylic oxidation sites excluding steroid dienone is 2. The fourth-order valence-electron chi connectivity index (χ4n) is 3.78. The SMILES string of the molecule is CCCC=CC1C(C)(C)CC1(C)CCC. The molecule has 0 saturated heterocycles. The summed E-state index contributed by atoms with van der Waals surface area (Å²) in [4.78, 5) is 0. The van der Waals surface area contributed by atoms with Crippen molar-refractivity contribution < 1.29 is 0 Å². The molecule has 1 saturated carbocycles. The zero-order chi connectivity index (χ0) is 11.5. The normalized spacial score (nSPS) is 34.3. The summed E-state index contributed by atoms with van der Waals surface area (Å²) in [6.07, 6.45) is 11.5. The van der Waals surface area contributed by atoms with Crippen molar-refractivity contribution in [2.24, 2.45) is 16.7 Å². The summed E-state index contributed by atoms with van der Waals surface area (Å²) in [5, 5.41) is 0. The van der Waals surface area contributed by atoms with Crippen LogP contribution < -0.4 is 0 Å². The summed E-state index contributed by atoms with van der Waals surface area (Å²) in [5.74, 6) is 0.802. The summed E-state index contributed by atoms with van der Waals surface area (Å²) in [6, 6.07) is 0. The molecule has 0 aromatic rings. The summed E-state index contributed by atoms with van der Waals surface area (Å²) < 4.78 is 0. The van der Waals surface area contributed by atoms with E-state index in [4.69, 9.17) is 0 Å². The van der Waals surface area contributed by atoms with Gasteiger partial charge in [-0.05, 0) is 36.0 Å². The third kappa shape index (κ3) is 2.65. The van der Waals surface area contributed by atoms with Crippen molar-refractivity contribution in [1.82, 2.24) is 0 Å². The Morgan fingerprint density at radius 1 is 1.13 bits per heavy atom. The van der Waals surface area contributed by atoms with Crippen LogP contribution in [0.1, 0.15) is 66.7 Å². The van der Waals surface area contributed by atoms with E-state index in [1.54, 1.807) is 0 Å². The Bertz CT molecular complexity index is 224. The van der Waals surface area contributed by atoms with Gasteiger partial charge in [-0.15, -0.1) is 0 Å². The smallest absolute Gasteiger partial charge is 0.0128 e. The first-order valence-corrected chi connectivity index (χ1v) is 6.63. The largest absolute Gasteiger partial charge is 0.0882 e. The van der Waals surface area contributed by atoms with E-state index in [0.717, 1.165) is 5.92 Å². The zero-order valence-corrected chi connectivity index (χ0v) is 11.3. The molecule has 0 aliphatic heterocycles.